The lowest BCUT2D eigenvalue weighted by Gasteiger charge is -2.30. The van der Waals surface area contributed by atoms with Crippen LogP contribution in [0, 0.1) is 11.8 Å². The maximum atomic E-state index is 11.8. The number of rotatable bonds is 3. The van der Waals surface area contributed by atoms with E-state index in [0.29, 0.717) is 18.2 Å². The number of aliphatic hydroxyl groups is 2. The number of hydrogen-bond donors (Lipinski definition) is 5. The molecule has 0 saturated heterocycles. The summed E-state index contributed by atoms with van der Waals surface area (Å²) in [5.74, 6) is 0.691. The number of anilines is 3. The molecule has 1 aromatic rings. The van der Waals surface area contributed by atoms with Gasteiger partial charge in [0.2, 0.25) is 5.95 Å². The Morgan fingerprint density at radius 3 is 2.85 bits per heavy atom. The minimum Gasteiger partial charge on any atom is -0.396 e. The number of aliphatic hydroxyl groups excluding tert-OH is 2. The predicted molar refractivity (Wildman–Crippen MR) is 74.4 cm³/mol. The van der Waals surface area contributed by atoms with Gasteiger partial charge in [-0.1, -0.05) is 0 Å². The minimum absolute atomic E-state index is 0.0143. The average Bonchev–Trinajstić information content (AvgIpc) is 3.00. The first kappa shape index (κ1) is 13.2. The molecule has 1 fully saturated rings. The van der Waals surface area contributed by atoms with Crippen LogP contribution in [0.15, 0.2) is 4.79 Å². The van der Waals surface area contributed by atoms with Crippen LogP contribution in [-0.4, -0.2) is 46.1 Å². The van der Waals surface area contributed by atoms with Gasteiger partial charge in [-0.15, -0.1) is 0 Å². The lowest BCUT2D eigenvalue weighted by Crippen LogP contribution is -2.41. The Labute approximate surface area is 115 Å². The molecule has 3 rings (SSSR count). The van der Waals surface area contributed by atoms with Crippen LogP contribution in [0.1, 0.15) is 12.8 Å². The molecule has 3 atom stereocenters. The Kier molecular flexibility index (Phi) is 3.27. The zero-order chi connectivity index (χ0) is 14.3. The van der Waals surface area contributed by atoms with Crippen molar-refractivity contribution < 1.29 is 10.2 Å². The van der Waals surface area contributed by atoms with Gasteiger partial charge < -0.3 is 26.2 Å². The van der Waals surface area contributed by atoms with Crippen LogP contribution in [-0.2, 0) is 0 Å². The Morgan fingerprint density at radius 2 is 2.15 bits per heavy atom. The summed E-state index contributed by atoms with van der Waals surface area (Å²) in [7, 11) is 0. The Bertz CT molecular complexity index is 561. The molecule has 0 amide bonds. The van der Waals surface area contributed by atoms with Gasteiger partial charge in [0, 0.05) is 25.2 Å². The molecule has 0 bridgehead atoms. The first-order valence-electron chi connectivity index (χ1n) is 6.77. The van der Waals surface area contributed by atoms with Crippen molar-refractivity contribution >= 4 is 17.5 Å². The number of nitrogens with zero attached hydrogens (tertiary/aromatic N) is 2. The van der Waals surface area contributed by atoms with Crippen LogP contribution < -0.4 is 21.5 Å². The highest BCUT2D eigenvalue weighted by molar-refractivity contribution is 5.71. The van der Waals surface area contributed by atoms with Crippen LogP contribution in [0.2, 0.25) is 0 Å². The molecule has 2 aliphatic rings. The Morgan fingerprint density at radius 1 is 1.35 bits per heavy atom. The molecule has 1 aliphatic heterocycles. The van der Waals surface area contributed by atoms with Gasteiger partial charge in [0.05, 0.1) is 6.67 Å². The fourth-order valence-electron chi connectivity index (χ4n) is 3.37. The maximum absolute atomic E-state index is 11.8. The molecule has 8 heteroatoms. The zero-order valence-corrected chi connectivity index (χ0v) is 11.0. The van der Waals surface area contributed by atoms with Crippen molar-refractivity contribution in [2.75, 3.05) is 35.8 Å². The molecule has 6 N–H and O–H groups in total. The Balaban J connectivity index is 1.93. The molecule has 0 aromatic carbocycles. The molecule has 8 nitrogen and oxygen atoms in total. The molecular formula is C12H19N5O3. The first-order valence-corrected chi connectivity index (χ1v) is 6.77. The summed E-state index contributed by atoms with van der Waals surface area (Å²) in [5, 5.41) is 22.0. The van der Waals surface area contributed by atoms with Crippen molar-refractivity contribution in [3.8, 4) is 0 Å². The summed E-state index contributed by atoms with van der Waals surface area (Å²) in [4.78, 5) is 20.4. The summed E-state index contributed by atoms with van der Waals surface area (Å²) in [6, 6.07) is 0.0552. The van der Waals surface area contributed by atoms with Gasteiger partial charge in [-0.2, -0.15) is 4.98 Å². The summed E-state index contributed by atoms with van der Waals surface area (Å²) >= 11 is 0. The SMILES string of the molecule is Nc1nc2c(c(=O)[nH]1)NCN2C1CCC(CO)C1CO. The van der Waals surface area contributed by atoms with Gasteiger partial charge in [0.15, 0.2) is 5.82 Å². The molecule has 1 aliphatic carbocycles. The number of H-pyrrole nitrogens is 1. The van der Waals surface area contributed by atoms with Crippen LogP contribution >= 0.6 is 0 Å². The smallest absolute Gasteiger partial charge is 0.277 e. The van der Waals surface area contributed by atoms with Crippen LogP contribution in [0.4, 0.5) is 17.5 Å². The van der Waals surface area contributed by atoms with Crippen molar-refractivity contribution in [2.24, 2.45) is 11.8 Å². The second-order valence-corrected chi connectivity index (χ2v) is 5.39. The van der Waals surface area contributed by atoms with Crippen molar-refractivity contribution in [1.29, 1.82) is 0 Å². The number of aromatic nitrogens is 2. The van der Waals surface area contributed by atoms with E-state index in [-0.39, 0.29) is 42.6 Å². The van der Waals surface area contributed by atoms with Crippen molar-refractivity contribution in [3.05, 3.63) is 10.4 Å². The van der Waals surface area contributed by atoms with E-state index in [2.05, 4.69) is 15.3 Å². The van der Waals surface area contributed by atoms with E-state index in [4.69, 9.17) is 5.73 Å². The van der Waals surface area contributed by atoms with Gasteiger partial charge in [-0.05, 0) is 18.8 Å². The second kappa shape index (κ2) is 4.95. The monoisotopic (exact) mass is 281 g/mol. The van der Waals surface area contributed by atoms with E-state index in [1.807, 2.05) is 4.90 Å². The summed E-state index contributed by atoms with van der Waals surface area (Å²) in [6.45, 7) is 0.551. The molecule has 2 heterocycles. The molecular weight excluding hydrogens is 262 g/mol. The molecule has 1 saturated carbocycles. The number of nitrogens with one attached hydrogen (secondary N) is 2. The summed E-state index contributed by atoms with van der Waals surface area (Å²) in [6.07, 6.45) is 1.71. The highest BCUT2D eigenvalue weighted by Gasteiger charge is 2.41. The van der Waals surface area contributed by atoms with Gasteiger partial charge in [0.25, 0.3) is 5.56 Å². The van der Waals surface area contributed by atoms with E-state index >= 15 is 0 Å². The van der Waals surface area contributed by atoms with E-state index in [0.717, 1.165) is 12.8 Å². The van der Waals surface area contributed by atoms with E-state index < -0.39 is 0 Å². The van der Waals surface area contributed by atoms with E-state index in [1.165, 1.54) is 0 Å². The minimum atomic E-state index is -0.285. The third kappa shape index (κ3) is 1.92. The van der Waals surface area contributed by atoms with Crippen molar-refractivity contribution in [3.63, 3.8) is 0 Å². The van der Waals surface area contributed by atoms with Gasteiger partial charge >= 0.3 is 0 Å². The normalized spacial score (nSPS) is 28.5. The topological polar surface area (TPSA) is 128 Å². The standard InChI is InChI=1S/C12H19N5O3/c13-12-15-10-9(11(20)16-12)14-5-17(10)8-2-1-6(3-18)7(8)4-19/h6-8,14,18-19H,1-5H2,(H3,13,15,16,20). The molecule has 1 aromatic heterocycles. The molecule has 110 valence electrons. The van der Waals surface area contributed by atoms with Crippen LogP contribution in [0.5, 0.6) is 0 Å². The maximum Gasteiger partial charge on any atom is 0.277 e. The number of nitrogens with two attached hydrogens (primary N) is 1. The Hall–Kier alpha value is -1.80. The number of hydrogen-bond acceptors (Lipinski definition) is 7. The number of nitrogen functional groups attached to an aromatic ring is 1. The average molecular weight is 281 g/mol. The zero-order valence-electron chi connectivity index (χ0n) is 11.0. The highest BCUT2D eigenvalue weighted by Crippen LogP contribution is 2.39. The fraction of sp³-hybridized carbons (Fsp3) is 0.667. The van der Waals surface area contributed by atoms with Crippen molar-refractivity contribution in [1.82, 2.24) is 9.97 Å². The first-order chi connectivity index (χ1) is 9.65. The third-order valence-electron chi connectivity index (χ3n) is 4.40. The third-order valence-corrected chi connectivity index (χ3v) is 4.40. The molecule has 20 heavy (non-hydrogen) atoms. The summed E-state index contributed by atoms with van der Waals surface area (Å²) in [5.41, 5.74) is 5.74. The molecule has 3 unspecified atom stereocenters. The van der Waals surface area contributed by atoms with Crippen molar-refractivity contribution in [2.45, 2.75) is 18.9 Å². The van der Waals surface area contributed by atoms with E-state index in [1.54, 1.807) is 0 Å². The molecule has 0 spiro atoms. The van der Waals surface area contributed by atoms with Crippen LogP contribution in [0.25, 0.3) is 0 Å². The fourth-order valence-corrected chi connectivity index (χ4v) is 3.37. The largest absolute Gasteiger partial charge is 0.396 e. The number of aromatic amines is 1. The predicted octanol–water partition coefficient (Wildman–Crippen LogP) is -1.08. The van der Waals surface area contributed by atoms with Crippen LogP contribution in [0.3, 0.4) is 0 Å². The van der Waals surface area contributed by atoms with E-state index in [9.17, 15) is 15.0 Å². The van der Waals surface area contributed by atoms with Gasteiger partial charge in [-0.3, -0.25) is 9.78 Å². The highest BCUT2D eigenvalue weighted by atomic mass is 16.3. The second-order valence-electron chi connectivity index (χ2n) is 5.39. The van der Waals surface area contributed by atoms with Gasteiger partial charge in [0.1, 0.15) is 5.69 Å². The summed E-state index contributed by atoms with van der Waals surface area (Å²) < 4.78 is 0. The lowest BCUT2D eigenvalue weighted by molar-refractivity contribution is 0.132. The quantitative estimate of drug-likeness (QED) is 0.477. The number of fused-ring (bicyclic) bond motifs is 1. The lowest BCUT2D eigenvalue weighted by atomic mass is 9.94. The molecule has 0 radical (unpaired) electrons. The van der Waals surface area contributed by atoms with Gasteiger partial charge in [-0.25, -0.2) is 0 Å².